The maximum absolute atomic E-state index is 12.4. The van der Waals surface area contributed by atoms with Gasteiger partial charge >= 0.3 is 11.9 Å². The van der Waals surface area contributed by atoms with Crippen molar-refractivity contribution in [3.05, 3.63) is 200 Å². The second-order valence-electron chi connectivity index (χ2n) is 15.6. The van der Waals surface area contributed by atoms with Crippen molar-refractivity contribution in [2.24, 2.45) is 0 Å². The minimum absolute atomic E-state index is 0.166. The van der Waals surface area contributed by atoms with E-state index in [1.54, 1.807) is 24.3 Å². The lowest BCUT2D eigenvalue weighted by Crippen LogP contribution is -2.29. The van der Waals surface area contributed by atoms with Crippen LogP contribution in [0.4, 0.5) is 0 Å². The third-order valence-electron chi connectivity index (χ3n) is 10.6. The third-order valence-corrected chi connectivity index (χ3v) is 11.1. The van der Waals surface area contributed by atoms with Crippen LogP contribution in [0, 0.1) is 13.8 Å². The normalized spacial score (nSPS) is 12.0. The molecule has 0 saturated heterocycles. The number of aromatic hydroxyl groups is 1. The number of rotatable bonds is 20. The maximum atomic E-state index is 12.4. The van der Waals surface area contributed by atoms with Crippen LogP contribution in [0.25, 0.3) is 0 Å². The number of hydrogen-bond acceptors (Lipinski definition) is 9. The number of carbonyl (C=O) groups is 2. The Hall–Kier alpha value is -5.68. The van der Waals surface area contributed by atoms with Crippen molar-refractivity contribution in [1.29, 1.82) is 0 Å². The lowest BCUT2D eigenvalue weighted by Gasteiger charge is -2.25. The summed E-state index contributed by atoms with van der Waals surface area (Å²) >= 11 is 12.3. The Balaban J connectivity index is 0.000000294. The minimum Gasteiger partial charge on any atom is -0.508 e. The van der Waals surface area contributed by atoms with Crippen molar-refractivity contribution in [1.82, 2.24) is 4.90 Å². The number of esters is 2. The zero-order valence-electron chi connectivity index (χ0n) is 37.0. The molecule has 0 aliphatic carbocycles. The van der Waals surface area contributed by atoms with Gasteiger partial charge in [0.1, 0.15) is 18.1 Å². The number of ether oxygens (including phenoxy) is 5. The molecule has 0 fully saturated rings. The lowest BCUT2D eigenvalue weighted by molar-refractivity contribution is -0.155. The first-order valence-corrected chi connectivity index (χ1v) is 21.8. The van der Waals surface area contributed by atoms with E-state index in [1.165, 1.54) is 36.5 Å². The van der Waals surface area contributed by atoms with Gasteiger partial charge in [0.15, 0.2) is 12.2 Å². The van der Waals surface area contributed by atoms with Crippen LogP contribution in [0.2, 0.25) is 10.0 Å². The van der Waals surface area contributed by atoms with Crippen molar-refractivity contribution in [3.63, 3.8) is 0 Å². The van der Waals surface area contributed by atoms with E-state index >= 15 is 0 Å². The molecular weight excluding hydrogens is 849 g/mol. The molecule has 0 saturated carbocycles. The molecule has 1 N–H and O–H groups in total. The van der Waals surface area contributed by atoms with Crippen LogP contribution in [0.3, 0.4) is 0 Å². The van der Waals surface area contributed by atoms with Gasteiger partial charge in [0.25, 0.3) is 0 Å². The number of nitrogens with zero attached hydrogens (tertiary/aromatic N) is 1. The highest BCUT2D eigenvalue weighted by Crippen LogP contribution is 2.28. The quantitative estimate of drug-likeness (QED) is 0.0750. The topological polar surface area (TPSA) is 104 Å². The summed E-state index contributed by atoms with van der Waals surface area (Å²) in [5.41, 5.74) is 8.62. The second-order valence-corrected chi connectivity index (χ2v) is 16.5. The van der Waals surface area contributed by atoms with Crippen LogP contribution in [0.5, 0.6) is 11.5 Å². The fourth-order valence-electron chi connectivity index (χ4n) is 6.74. The highest BCUT2D eigenvalue weighted by atomic mass is 35.5. The molecule has 11 heteroatoms. The zero-order valence-corrected chi connectivity index (χ0v) is 38.6. The van der Waals surface area contributed by atoms with Gasteiger partial charge in [-0.1, -0.05) is 131 Å². The highest BCUT2D eigenvalue weighted by Gasteiger charge is 2.22. The van der Waals surface area contributed by atoms with Crippen LogP contribution in [-0.4, -0.2) is 75.1 Å². The largest absolute Gasteiger partial charge is 0.508 e. The average Bonchev–Trinajstić information content (AvgIpc) is 3.31. The molecule has 6 aromatic rings. The first kappa shape index (κ1) is 49.3. The van der Waals surface area contributed by atoms with Crippen molar-refractivity contribution in [2.45, 2.75) is 58.0 Å². The number of benzene rings is 6. The van der Waals surface area contributed by atoms with Gasteiger partial charge in [0.05, 0.1) is 27.4 Å². The molecule has 2 unspecified atom stereocenters. The third kappa shape index (κ3) is 16.5. The summed E-state index contributed by atoms with van der Waals surface area (Å²) in [5.74, 6) is 0.342. The van der Waals surface area contributed by atoms with Crippen LogP contribution < -0.4 is 4.74 Å². The molecule has 6 aromatic carbocycles. The van der Waals surface area contributed by atoms with Gasteiger partial charge in [-0.3, -0.25) is 0 Å². The number of phenols is 1. The molecule has 0 aromatic heterocycles. The van der Waals surface area contributed by atoms with Gasteiger partial charge in [0, 0.05) is 41.9 Å². The molecular formula is C53H57Cl2NO8. The Bertz CT molecular complexity index is 2260. The average molecular weight is 907 g/mol. The smallest absolute Gasteiger partial charge is 0.335 e. The first-order valence-electron chi connectivity index (χ1n) is 21.1. The highest BCUT2D eigenvalue weighted by molar-refractivity contribution is 6.30. The summed E-state index contributed by atoms with van der Waals surface area (Å²) in [6, 6.07) is 46.5. The molecule has 2 atom stereocenters. The van der Waals surface area contributed by atoms with Crippen LogP contribution >= 0.6 is 23.2 Å². The van der Waals surface area contributed by atoms with Gasteiger partial charge in [-0.2, -0.15) is 0 Å². The van der Waals surface area contributed by atoms with Crippen molar-refractivity contribution in [3.8, 4) is 11.5 Å². The van der Waals surface area contributed by atoms with E-state index in [4.69, 9.17) is 46.9 Å². The van der Waals surface area contributed by atoms with Crippen LogP contribution in [0.15, 0.2) is 146 Å². The molecule has 0 amide bonds. The zero-order chi connectivity index (χ0) is 45.8. The van der Waals surface area contributed by atoms with E-state index in [-0.39, 0.29) is 17.6 Å². The van der Waals surface area contributed by atoms with Crippen molar-refractivity contribution < 1.29 is 38.4 Å². The van der Waals surface area contributed by atoms with Gasteiger partial charge < -0.3 is 33.7 Å². The van der Waals surface area contributed by atoms with Gasteiger partial charge in [-0.05, 0) is 103 Å². The summed E-state index contributed by atoms with van der Waals surface area (Å²) in [7, 11) is 4.82. The fourth-order valence-corrected chi connectivity index (χ4v) is 7.00. The molecule has 0 spiro atoms. The number of likely N-dealkylation sites (N-methyl/N-ethyl adjacent to an activating group) is 1. The number of hydrogen-bond donors (Lipinski definition) is 1. The molecule has 0 aliphatic rings. The van der Waals surface area contributed by atoms with Crippen molar-refractivity contribution in [2.75, 3.05) is 41.0 Å². The maximum Gasteiger partial charge on any atom is 0.335 e. The number of methoxy groups -OCH3 is 2. The summed E-state index contributed by atoms with van der Waals surface area (Å²) in [6.07, 6.45) is -0.543. The second kappa shape index (κ2) is 25.6. The Kier molecular flexibility index (Phi) is 19.7. The monoisotopic (exact) mass is 905 g/mol. The van der Waals surface area contributed by atoms with E-state index < -0.39 is 18.2 Å². The van der Waals surface area contributed by atoms with E-state index in [0.29, 0.717) is 32.7 Å². The molecule has 0 aliphatic heterocycles. The number of aryl methyl sites for hydroxylation is 2. The SMILES string of the molecule is COC(=O)C(Cc1ccc(O)cc1)OCc1ccc(C)cc1.COC(=O)C(Cc1ccc(OCCN(C)CC(c2ccc(Cl)cc2)c2ccc(Cl)cc2)cc1)OCc1ccc(C)cc1. The predicted molar refractivity (Wildman–Crippen MR) is 253 cm³/mol. The summed E-state index contributed by atoms with van der Waals surface area (Å²) in [4.78, 5) is 26.5. The minimum atomic E-state index is -0.689. The molecule has 64 heavy (non-hydrogen) atoms. The van der Waals surface area contributed by atoms with Gasteiger partial charge in [0.2, 0.25) is 0 Å². The van der Waals surface area contributed by atoms with E-state index in [0.717, 1.165) is 51.1 Å². The van der Waals surface area contributed by atoms with Gasteiger partial charge in [-0.25, -0.2) is 9.59 Å². The first-order chi connectivity index (χ1) is 30.9. The Morgan fingerprint density at radius 2 is 0.953 bits per heavy atom. The predicted octanol–water partition coefficient (Wildman–Crippen LogP) is 10.7. The van der Waals surface area contributed by atoms with E-state index in [1.807, 2.05) is 111 Å². The molecule has 336 valence electrons. The number of halogens is 2. The molecule has 0 heterocycles. The molecule has 9 nitrogen and oxygen atoms in total. The van der Waals surface area contributed by atoms with Crippen molar-refractivity contribution >= 4 is 35.1 Å². The number of carbonyl (C=O) groups excluding carboxylic acids is 2. The molecule has 0 bridgehead atoms. The summed E-state index contributed by atoms with van der Waals surface area (Å²) in [6.45, 7) is 6.83. The summed E-state index contributed by atoms with van der Waals surface area (Å²) < 4.78 is 27.5. The lowest BCUT2D eigenvalue weighted by atomic mass is 9.91. The van der Waals surface area contributed by atoms with Crippen LogP contribution in [-0.2, 0) is 54.6 Å². The molecule has 0 radical (unpaired) electrons. The van der Waals surface area contributed by atoms with E-state index in [2.05, 4.69) is 36.2 Å². The Morgan fingerprint density at radius 1 is 0.562 bits per heavy atom. The number of phenolic OH excluding ortho intramolecular Hbond substituents is 1. The Morgan fingerprint density at radius 3 is 1.36 bits per heavy atom. The fraction of sp³-hybridized carbons (Fsp3) is 0.283. The standard InChI is InChI=1S/C35H37Cl2NO4.C18H20O4/c1-25-4-6-27(7-5-25)24-42-34(35(39)40-3)22-26-8-18-32(19-9-26)41-21-20-38(2)23-33(28-10-14-30(36)15-11-28)29-12-16-31(37)17-13-29;1-13-3-5-15(6-4-13)12-22-17(18(20)21-2)11-14-7-9-16(19)10-8-14/h4-19,33-34H,20-24H2,1-3H3;3-10,17,19H,11-12H2,1-2H3. The van der Waals surface area contributed by atoms with E-state index in [9.17, 15) is 14.7 Å². The molecule has 6 rings (SSSR count). The summed E-state index contributed by atoms with van der Waals surface area (Å²) in [5, 5.41) is 10.7. The Labute approximate surface area is 387 Å². The van der Waals surface area contributed by atoms with Crippen LogP contribution in [0.1, 0.15) is 50.4 Å². The van der Waals surface area contributed by atoms with Gasteiger partial charge in [-0.15, -0.1) is 0 Å².